The maximum absolute atomic E-state index is 10.1. The van der Waals surface area contributed by atoms with Gasteiger partial charge >= 0.3 is 0 Å². The Bertz CT molecular complexity index is 705. The number of fused-ring (bicyclic) bond motifs is 5. The van der Waals surface area contributed by atoms with Gasteiger partial charge in [0.05, 0.1) is 11.8 Å². The minimum absolute atomic E-state index is 0.140. The minimum Gasteiger partial charge on any atom is -0.393 e. The lowest BCUT2D eigenvalue weighted by molar-refractivity contribution is 0.0524. The van der Waals surface area contributed by atoms with Crippen molar-refractivity contribution in [3.63, 3.8) is 0 Å². The lowest BCUT2D eigenvalue weighted by Gasteiger charge is -2.54. The van der Waals surface area contributed by atoms with Crippen LogP contribution in [0.4, 0.5) is 0 Å². The van der Waals surface area contributed by atoms with Crippen LogP contribution in [-0.2, 0) is 4.84 Å². The second-order valence-corrected chi connectivity index (χ2v) is 9.77. The molecule has 0 saturated heterocycles. The van der Waals surface area contributed by atoms with E-state index in [2.05, 4.69) is 44.7 Å². The normalized spacial score (nSPS) is 43.8. The van der Waals surface area contributed by atoms with Gasteiger partial charge in [0, 0.05) is 5.92 Å². The highest BCUT2D eigenvalue weighted by Gasteiger charge is 2.56. The van der Waals surface area contributed by atoms with E-state index in [-0.39, 0.29) is 11.5 Å². The maximum Gasteiger partial charge on any atom is 0.135 e. The Hall–Kier alpha value is -1.35. The zero-order valence-corrected chi connectivity index (χ0v) is 17.2. The Labute approximate surface area is 164 Å². The molecule has 0 heterocycles. The molecule has 6 atom stereocenters. The van der Waals surface area contributed by atoms with Crippen LogP contribution < -0.4 is 0 Å². The average molecular weight is 370 g/mol. The standard InChI is InChI=1S/C24H35NO2/c1-5-14-27-25-16(2)20-8-9-21-19-7-6-17-15-18(26)10-12-23(17,3)22(19)11-13-24(20,21)4/h5-7,18,20-22,26H,1,8-15H2,2-4H3/t18?,20-,21+,22+,23+,24-/m1/s1. The Kier molecular flexibility index (Phi) is 4.86. The molecule has 3 fully saturated rings. The van der Waals surface area contributed by atoms with Crippen LogP contribution in [0.3, 0.4) is 0 Å². The zero-order valence-electron chi connectivity index (χ0n) is 17.2. The molecule has 0 bridgehead atoms. The topological polar surface area (TPSA) is 41.8 Å². The van der Waals surface area contributed by atoms with Gasteiger partial charge in [-0.3, -0.25) is 0 Å². The summed E-state index contributed by atoms with van der Waals surface area (Å²) in [5, 5.41) is 14.6. The van der Waals surface area contributed by atoms with Crippen LogP contribution in [0, 0.1) is 28.6 Å². The van der Waals surface area contributed by atoms with Crippen LogP contribution in [0.15, 0.2) is 41.1 Å². The molecule has 3 heteroatoms. The van der Waals surface area contributed by atoms with Crippen LogP contribution in [-0.4, -0.2) is 23.5 Å². The van der Waals surface area contributed by atoms with Crippen LogP contribution in [0.5, 0.6) is 0 Å². The summed E-state index contributed by atoms with van der Waals surface area (Å²) >= 11 is 0. The summed E-state index contributed by atoms with van der Waals surface area (Å²) in [7, 11) is 0. The first-order valence-electron chi connectivity index (χ1n) is 10.8. The first kappa shape index (κ1) is 19.0. The largest absolute Gasteiger partial charge is 0.393 e. The summed E-state index contributed by atoms with van der Waals surface area (Å²) in [6.45, 7) is 11.3. The molecule has 27 heavy (non-hydrogen) atoms. The van der Waals surface area contributed by atoms with Gasteiger partial charge in [-0.1, -0.05) is 55.0 Å². The first-order valence-corrected chi connectivity index (χ1v) is 10.8. The Balaban J connectivity index is 1.61. The third-order valence-electron chi connectivity index (χ3n) is 8.45. The van der Waals surface area contributed by atoms with Crippen molar-refractivity contribution in [1.29, 1.82) is 0 Å². The van der Waals surface area contributed by atoms with Crippen molar-refractivity contribution in [3.8, 4) is 0 Å². The molecule has 4 rings (SSSR count). The molecule has 3 nitrogen and oxygen atoms in total. The minimum atomic E-state index is -0.140. The molecular formula is C24H35NO2. The number of allylic oxidation sites excluding steroid dienone is 3. The number of rotatable bonds is 4. The highest BCUT2D eigenvalue weighted by atomic mass is 16.6. The third kappa shape index (κ3) is 2.93. The molecule has 1 unspecified atom stereocenters. The van der Waals surface area contributed by atoms with Gasteiger partial charge in [0.25, 0.3) is 0 Å². The maximum atomic E-state index is 10.1. The molecular weight excluding hydrogens is 334 g/mol. The summed E-state index contributed by atoms with van der Waals surface area (Å²) in [6.07, 6.45) is 14.4. The lowest BCUT2D eigenvalue weighted by Crippen LogP contribution is -2.46. The van der Waals surface area contributed by atoms with Crippen LogP contribution >= 0.6 is 0 Å². The zero-order chi connectivity index (χ0) is 19.2. The van der Waals surface area contributed by atoms with Gasteiger partial charge in [-0.25, -0.2) is 0 Å². The van der Waals surface area contributed by atoms with Gasteiger partial charge in [0.1, 0.15) is 6.61 Å². The van der Waals surface area contributed by atoms with E-state index >= 15 is 0 Å². The van der Waals surface area contributed by atoms with E-state index in [0.29, 0.717) is 29.8 Å². The second kappa shape index (κ2) is 6.92. The molecule has 0 aromatic rings. The van der Waals surface area contributed by atoms with Crippen molar-refractivity contribution in [1.82, 2.24) is 0 Å². The molecule has 0 aromatic heterocycles. The lowest BCUT2D eigenvalue weighted by atomic mass is 9.50. The molecule has 0 spiro atoms. The van der Waals surface area contributed by atoms with Crippen LogP contribution in [0.1, 0.15) is 65.7 Å². The highest BCUT2D eigenvalue weighted by Crippen LogP contribution is 2.65. The van der Waals surface area contributed by atoms with Crippen LogP contribution in [0.25, 0.3) is 0 Å². The molecule has 3 saturated carbocycles. The summed E-state index contributed by atoms with van der Waals surface area (Å²) in [5.74, 6) is 1.84. The fourth-order valence-corrected chi connectivity index (χ4v) is 6.93. The number of hydrogen-bond donors (Lipinski definition) is 1. The molecule has 0 amide bonds. The Morgan fingerprint density at radius 3 is 2.81 bits per heavy atom. The number of nitrogens with zero attached hydrogens (tertiary/aromatic N) is 1. The molecule has 1 N–H and O–H groups in total. The molecule has 4 aliphatic rings. The van der Waals surface area contributed by atoms with Crippen molar-refractivity contribution >= 4 is 5.71 Å². The number of aliphatic hydroxyl groups is 1. The van der Waals surface area contributed by atoms with E-state index in [1.54, 1.807) is 11.6 Å². The fraction of sp³-hybridized carbons (Fsp3) is 0.708. The van der Waals surface area contributed by atoms with Crippen molar-refractivity contribution in [3.05, 3.63) is 36.0 Å². The van der Waals surface area contributed by atoms with E-state index in [9.17, 15) is 5.11 Å². The van der Waals surface area contributed by atoms with E-state index in [1.807, 2.05) is 0 Å². The van der Waals surface area contributed by atoms with Gasteiger partial charge in [-0.15, -0.1) is 0 Å². The van der Waals surface area contributed by atoms with Crippen molar-refractivity contribution in [2.75, 3.05) is 6.61 Å². The van der Waals surface area contributed by atoms with Crippen molar-refractivity contribution < 1.29 is 9.94 Å². The molecule has 4 aliphatic carbocycles. The molecule has 148 valence electrons. The van der Waals surface area contributed by atoms with Gasteiger partial charge in [-0.2, -0.15) is 0 Å². The number of hydrogen-bond acceptors (Lipinski definition) is 3. The van der Waals surface area contributed by atoms with Crippen molar-refractivity contribution in [2.24, 2.45) is 33.7 Å². The monoisotopic (exact) mass is 369 g/mol. The van der Waals surface area contributed by atoms with Gasteiger partial charge < -0.3 is 9.94 Å². The number of aliphatic hydroxyl groups excluding tert-OH is 1. The van der Waals surface area contributed by atoms with E-state index in [0.717, 1.165) is 25.0 Å². The van der Waals surface area contributed by atoms with Gasteiger partial charge in [0.15, 0.2) is 0 Å². The quantitative estimate of drug-likeness (QED) is 0.311. The summed E-state index contributed by atoms with van der Waals surface area (Å²) in [5.41, 5.74) is 4.89. The summed E-state index contributed by atoms with van der Waals surface area (Å²) in [4.78, 5) is 5.41. The summed E-state index contributed by atoms with van der Waals surface area (Å²) in [6, 6.07) is 0. The Morgan fingerprint density at radius 1 is 1.22 bits per heavy atom. The Morgan fingerprint density at radius 2 is 2.04 bits per heavy atom. The van der Waals surface area contributed by atoms with Crippen LogP contribution in [0.2, 0.25) is 0 Å². The molecule has 0 radical (unpaired) electrons. The molecule has 0 aromatic carbocycles. The predicted molar refractivity (Wildman–Crippen MR) is 110 cm³/mol. The first-order chi connectivity index (χ1) is 12.9. The van der Waals surface area contributed by atoms with Gasteiger partial charge in [0.2, 0.25) is 0 Å². The van der Waals surface area contributed by atoms with Crippen molar-refractivity contribution in [2.45, 2.75) is 71.8 Å². The smallest absolute Gasteiger partial charge is 0.135 e. The fourth-order valence-electron chi connectivity index (χ4n) is 6.93. The van der Waals surface area contributed by atoms with E-state index < -0.39 is 0 Å². The summed E-state index contributed by atoms with van der Waals surface area (Å²) < 4.78 is 0. The predicted octanol–water partition coefficient (Wildman–Crippen LogP) is 5.42. The SMILES string of the molecule is C=CCON=C(C)[C@H]1CC[C@H]2C3=CC=C4CC(O)CC[C@]4(C)[C@H]3CC[C@]12C. The number of oxime groups is 1. The average Bonchev–Trinajstić information content (AvgIpc) is 3.00. The van der Waals surface area contributed by atoms with E-state index in [1.165, 1.54) is 31.3 Å². The second-order valence-electron chi connectivity index (χ2n) is 9.77. The van der Waals surface area contributed by atoms with Gasteiger partial charge in [-0.05, 0) is 74.5 Å². The van der Waals surface area contributed by atoms with E-state index in [4.69, 9.17) is 4.84 Å². The molecule has 0 aliphatic heterocycles. The third-order valence-corrected chi connectivity index (χ3v) is 8.45. The highest BCUT2D eigenvalue weighted by molar-refractivity contribution is 5.85.